The summed E-state index contributed by atoms with van der Waals surface area (Å²) in [5.41, 5.74) is 0.324. The summed E-state index contributed by atoms with van der Waals surface area (Å²) in [6, 6.07) is 4.70. The monoisotopic (exact) mass is 281 g/mol. The van der Waals surface area contributed by atoms with Crippen LogP contribution in [0.5, 0.6) is 0 Å². The van der Waals surface area contributed by atoms with Gasteiger partial charge in [0.2, 0.25) is 5.82 Å². The van der Waals surface area contributed by atoms with E-state index in [-0.39, 0.29) is 0 Å². The number of nitro benzene ring substituents is 1. The zero-order chi connectivity index (χ0) is 14.7. The predicted octanol–water partition coefficient (Wildman–Crippen LogP) is 2.26. The second-order valence-corrected chi connectivity index (χ2v) is 5.45. The van der Waals surface area contributed by atoms with Crippen LogP contribution in [-0.2, 0) is 6.54 Å². The van der Waals surface area contributed by atoms with Gasteiger partial charge in [0, 0.05) is 44.8 Å². The van der Waals surface area contributed by atoms with Crippen LogP contribution in [0.25, 0.3) is 0 Å². The number of benzene rings is 1. The number of halogens is 1. The van der Waals surface area contributed by atoms with Crippen molar-refractivity contribution in [2.24, 2.45) is 0 Å². The second-order valence-electron chi connectivity index (χ2n) is 5.45. The Labute approximate surface area is 118 Å². The predicted molar refractivity (Wildman–Crippen MR) is 75.0 cm³/mol. The fraction of sp³-hybridized carbons (Fsp3) is 0.571. The van der Waals surface area contributed by atoms with Gasteiger partial charge in [0.15, 0.2) is 0 Å². The van der Waals surface area contributed by atoms with Gasteiger partial charge in [-0.3, -0.25) is 19.9 Å². The summed E-state index contributed by atoms with van der Waals surface area (Å²) in [4.78, 5) is 14.5. The SMILES string of the molecule is CC(C)N1CCN(Cc2ccc([N+](=O)[O-])c(F)c2)CC1. The molecule has 0 unspecified atom stereocenters. The van der Waals surface area contributed by atoms with E-state index in [0.717, 1.165) is 31.7 Å². The van der Waals surface area contributed by atoms with Gasteiger partial charge in [-0.2, -0.15) is 4.39 Å². The van der Waals surface area contributed by atoms with Crippen molar-refractivity contribution >= 4 is 5.69 Å². The lowest BCUT2D eigenvalue weighted by Gasteiger charge is -2.36. The van der Waals surface area contributed by atoms with Crippen molar-refractivity contribution in [1.29, 1.82) is 0 Å². The molecule has 20 heavy (non-hydrogen) atoms. The molecular formula is C14H20FN3O2. The van der Waals surface area contributed by atoms with Gasteiger partial charge in [0.05, 0.1) is 4.92 Å². The third kappa shape index (κ3) is 3.52. The molecule has 1 aliphatic heterocycles. The first-order valence-electron chi connectivity index (χ1n) is 6.86. The smallest absolute Gasteiger partial charge is 0.298 e. The maximum Gasteiger partial charge on any atom is 0.304 e. The van der Waals surface area contributed by atoms with Crippen LogP contribution in [0.4, 0.5) is 10.1 Å². The summed E-state index contributed by atoms with van der Waals surface area (Å²) >= 11 is 0. The van der Waals surface area contributed by atoms with E-state index in [0.29, 0.717) is 12.6 Å². The second kappa shape index (κ2) is 6.28. The molecule has 0 spiro atoms. The molecule has 0 aliphatic carbocycles. The van der Waals surface area contributed by atoms with Crippen LogP contribution < -0.4 is 0 Å². The third-order valence-corrected chi connectivity index (χ3v) is 3.75. The first kappa shape index (κ1) is 14.9. The maximum atomic E-state index is 13.6. The van der Waals surface area contributed by atoms with E-state index >= 15 is 0 Å². The van der Waals surface area contributed by atoms with Gasteiger partial charge >= 0.3 is 5.69 Å². The Hall–Kier alpha value is -1.53. The summed E-state index contributed by atoms with van der Waals surface area (Å²) in [5, 5.41) is 10.6. The lowest BCUT2D eigenvalue weighted by Crippen LogP contribution is -2.48. The normalized spacial score (nSPS) is 17.6. The Balaban J connectivity index is 1.95. The number of rotatable bonds is 4. The third-order valence-electron chi connectivity index (χ3n) is 3.75. The molecule has 0 saturated carbocycles. The Morgan fingerprint density at radius 2 is 1.95 bits per heavy atom. The minimum atomic E-state index is -0.756. The molecule has 2 rings (SSSR count). The van der Waals surface area contributed by atoms with Crippen LogP contribution in [0.2, 0.25) is 0 Å². The van der Waals surface area contributed by atoms with Crippen molar-refractivity contribution in [2.45, 2.75) is 26.4 Å². The molecule has 1 heterocycles. The Morgan fingerprint density at radius 1 is 1.30 bits per heavy atom. The van der Waals surface area contributed by atoms with Crippen molar-refractivity contribution in [3.8, 4) is 0 Å². The minimum Gasteiger partial charge on any atom is -0.298 e. The van der Waals surface area contributed by atoms with E-state index < -0.39 is 16.4 Å². The molecule has 0 radical (unpaired) electrons. The Morgan fingerprint density at radius 3 is 2.45 bits per heavy atom. The van der Waals surface area contributed by atoms with E-state index in [1.54, 1.807) is 6.07 Å². The molecule has 0 amide bonds. The van der Waals surface area contributed by atoms with Crippen LogP contribution in [0.1, 0.15) is 19.4 Å². The molecule has 1 aliphatic rings. The fourth-order valence-corrected chi connectivity index (χ4v) is 2.49. The Bertz CT molecular complexity index is 485. The highest BCUT2D eigenvalue weighted by Crippen LogP contribution is 2.19. The number of piperazine rings is 1. The number of hydrogen-bond donors (Lipinski definition) is 0. The number of hydrogen-bond acceptors (Lipinski definition) is 4. The van der Waals surface area contributed by atoms with Crippen LogP contribution in [-0.4, -0.2) is 46.9 Å². The van der Waals surface area contributed by atoms with E-state index in [4.69, 9.17) is 0 Å². The van der Waals surface area contributed by atoms with Crippen molar-refractivity contribution in [2.75, 3.05) is 26.2 Å². The molecule has 1 saturated heterocycles. The summed E-state index contributed by atoms with van der Waals surface area (Å²) in [6.07, 6.45) is 0. The average molecular weight is 281 g/mol. The Kier molecular flexibility index (Phi) is 4.67. The van der Waals surface area contributed by atoms with Gasteiger partial charge in [-0.05, 0) is 25.5 Å². The molecule has 110 valence electrons. The topological polar surface area (TPSA) is 49.6 Å². The molecule has 6 heteroatoms. The minimum absolute atomic E-state index is 0.460. The lowest BCUT2D eigenvalue weighted by molar-refractivity contribution is -0.387. The molecule has 1 aromatic rings. The zero-order valence-electron chi connectivity index (χ0n) is 11.9. The van der Waals surface area contributed by atoms with Crippen LogP contribution in [0.15, 0.2) is 18.2 Å². The van der Waals surface area contributed by atoms with E-state index in [9.17, 15) is 14.5 Å². The van der Waals surface area contributed by atoms with Gasteiger partial charge in [-0.1, -0.05) is 6.07 Å². The molecule has 1 aromatic carbocycles. The van der Waals surface area contributed by atoms with Crippen molar-refractivity contribution < 1.29 is 9.31 Å². The summed E-state index contributed by atoms with van der Waals surface area (Å²) in [5.74, 6) is -0.756. The summed E-state index contributed by atoms with van der Waals surface area (Å²) < 4.78 is 13.6. The van der Waals surface area contributed by atoms with E-state index in [1.807, 2.05) is 0 Å². The van der Waals surface area contributed by atoms with E-state index in [2.05, 4.69) is 23.6 Å². The van der Waals surface area contributed by atoms with Gasteiger partial charge in [0.25, 0.3) is 0 Å². The largest absolute Gasteiger partial charge is 0.304 e. The highest BCUT2D eigenvalue weighted by atomic mass is 19.1. The van der Waals surface area contributed by atoms with Gasteiger partial charge < -0.3 is 0 Å². The first-order chi connectivity index (χ1) is 9.47. The van der Waals surface area contributed by atoms with Crippen LogP contribution >= 0.6 is 0 Å². The molecule has 0 aromatic heterocycles. The number of nitro groups is 1. The maximum absolute atomic E-state index is 13.6. The fourth-order valence-electron chi connectivity index (χ4n) is 2.49. The van der Waals surface area contributed by atoms with Crippen LogP contribution in [0, 0.1) is 15.9 Å². The average Bonchev–Trinajstić information content (AvgIpc) is 2.39. The van der Waals surface area contributed by atoms with Gasteiger partial charge in [-0.15, -0.1) is 0 Å². The molecule has 0 N–H and O–H groups in total. The molecule has 1 fully saturated rings. The number of nitrogens with zero attached hydrogens (tertiary/aromatic N) is 3. The highest BCUT2D eigenvalue weighted by molar-refractivity contribution is 5.34. The standard InChI is InChI=1S/C14H20FN3O2/c1-11(2)17-7-5-16(6-8-17)10-12-3-4-14(18(19)20)13(15)9-12/h3-4,9,11H,5-8,10H2,1-2H3. The summed E-state index contributed by atoms with van der Waals surface area (Å²) in [7, 11) is 0. The van der Waals surface area contributed by atoms with Gasteiger partial charge in [-0.25, -0.2) is 0 Å². The van der Waals surface area contributed by atoms with Gasteiger partial charge in [0.1, 0.15) is 0 Å². The quantitative estimate of drug-likeness (QED) is 0.627. The lowest BCUT2D eigenvalue weighted by atomic mass is 10.1. The van der Waals surface area contributed by atoms with Crippen LogP contribution in [0.3, 0.4) is 0 Å². The zero-order valence-corrected chi connectivity index (χ0v) is 11.9. The summed E-state index contributed by atoms with van der Waals surface area (Å²) in [6.45, 7) is 8.90. The van der Waals surface area contributed by atoms with Crippen molar-refractivity contribution in [1.82, 2.24) is 9.80 Å². The first-order valence-corrected chi connectivity index (χ1v) is 6.86. The van der Waals surface area contributed by atoms with Crippen molar-refractivity contribution in [3.63, 3.8) is 0 Å². The molecular weight excluding hydrogens is 261 g/mol. The molecule has 5 nitrogen and oxygen atoms in total. The molecule has 0 bridgehead atoms. The van der Waals surface area contributed by atoms with Crippen molar-refractivity contribution in [3.05, 3.63) is 39.7 Å². The highest BCUT2D eigenvalue weighted by Gasteiger charge is 2.20. The van der Waals surface area contributed by atoms with E-state index in [1.165, 1.54) is 12.1 Å². The molecule has 0 atom stereocenters.